The van der Waals surface area contributed by atoms with Crippen LogP contribution in [0.2, 0.25) is 0 Å². The van der Waals surface area contributed by atoms with Crippen LogP contribution in [0.4, 0.5) is 0 Å². The van der Waals surface area contributed by atoms with Crippen LogP contribution in [0.1, 0.15) is 22.5 Å². The van der Waals surface area contributed by atoms with Gasteiger partial charge in [0.1, 0.15) is 0 Å². The summed E-state index contributed by atoms with van der Waals surface area (Å²) < 4.78 is 5.66. The third kappa shape index (κ3) is 3.17. The Labute approximate surface area is 102 Å². The molecule has 0 atom stereocenters. The van der Waals surface area contributed by atoms with Gasteiger partial charge in [-0.25, -0.2) is 0 Å². The fraction of sp³-hybridized carbons (Fsp3) is 0.357. The molecule has 1 heterocycles. The van der Waals surface area contributed by atoms with Gasteiger partial charge >= 0.3 is 0 Å². The summed E-state index contributed by atoms with van der Waals surface area (Å²) in [6.45, 7) is 5.48. The van der Waals surface area contributed by atoms with Crippen LogP contribution < -0.4 is 0 Å². The van der Waals surface area contributed by atoms with Crippen molar-refractivity contribution < 1.29 is 4.74 Å². The molecule has 1 N–H and O–H groups in total. The molecule has 0 saturated heterocycles. The van der Waals surface area contributed by atoms with Crippen LogP contribution in [-0.2, 0) is 17.8 Å². The molecule has 0 fully saturated rings. The number of aromatic amines is 1. The molecular weight excluding hydrogens is 212 g/mol. The van der Waals surface area contributed by atoms with Crippen molar-refractivity contribution >= 4 is 0 Å². The normalized spacial score (nSPS) is 10.7. The molecule has 1 aromatic carbocycles. The summed E-state index contributed by atoms with van der Waals surface area (Å²) in [6.07, 6.45) is 0.918. The Hall–Kier alpha value is -1.61. The van der Waals surface area contributed by atoms with E-state index < -0.39 is 0 Å². The number of aryl methyl sites for hydroxylation is 2. The second kappa shape index (κ2) is 5.64. The lowest BCUT2D eigenvalue weighted by atomic mass is 10.1. The Kier molecular flexibility index (Phi) is 3.94. The molecule has 0 saturated carbocycles. The second-order valence-electron chi connectivity index (χ2n) is 4.20. The number of hydrogen-bond donors (Lipinski definition) is 1. The molecule has 0 unspecified atom stereocenters. The predicted octanol–water partition coefficient (Wildman–Crippen LogP) is 2.79. The van der Waals surface area contributed by atoms with Gasteiger partial charge in [-0.3, -0.25) is 5.10 Å². The number of nitrogens with zero attached hydrogens (tertiary/aromatic N) is 1. The molecule has 0 aliphatic carbocycles. The Morgan fingerprint density at radius 2 is 1.94 bits per heavy atom. The van der Waals surface area contributed by atoms with Crippen molar-refractivity contribution in [1.82, 2.24) is 10.2 Å². The first kappa shape index (κ1) is 11.9. The molecule has 3 nitrogen and oxygen atoms in total. The van der Waals surface area contributed by atoms with E-state index in [0.29, 0.717) is 6.61 Å². The van der Waals surface area contributed by atoms with Crippen LogP contribution in [0, 0.1) is 13.8 Å². The number of aromatic nitrogens is 2. The van der Waals surface area contributed by atoms with Gasteiger partial charge in [-0.2, -0.15) is 5.10 Å². The molecule has 17 heavy (non-hydrogen) atoms. The van der Waals surface area contributed by atoms with Crippen LogP contribution in [0.25, 0.3) is 0 Å². The Morgan fingerprint density at radius 1 is 1.18 bits per heavy atom. The molecule has 0 bridgehead atoms. The highest BCUT2D eigenvalue weighted by molar-refractivity contribution is 5.23. The van der Waals surface area contributed by atoms with E-state index >= 15 is 0 Å². The molecule has 2 aromatic rings. The highest BCUT2D eigenvalue weighted by atomic mass is 16.5. The second-order valence-corrected chi connectivity index (χ2v) is 4.20. The lowest BCUT2D eigenvalue weighted by Crippen LogP contribution is -2.00. The zero-order chi connectivity index (χ0) is 12.1. The smallest absolute Gasteiger partial charge is 0.0717 e. The number of hydrogen-bond acceptors (Lipinski definition) is 2. The van der Waals surface area contributed by atoms with Crippen molar-refractivity contribution in [2.24, 2.45) is 0 Å². The maximum absolute atomic E-state index is 5.66. The number of nitrogens with one attached hydrogen (secondary N) is 1. The zero-order valence-electron chi connectivity index (χ0n) is 10.4. The third-order valence-electron chi connectivity index (χ3n) is 2.89. The van der Waals surface area contributed by atoms with E-state index in [1.165, 1.54) is 11.1 Å². The monoisotopic (exact) mass is 230 g/mol. The van der Waals surface area contributed by atoms with Crippen molar-refractivity contribution in [1.29, 1.82) is 0 Å². The van der Waals surface area contributed by atoms with Crippen molar-refractivity contribution in [3.8, 4) is 0 Å². The number of rotatable bonds is 5. The maximum Gasteiger partial charge on any atom is 0.0717 e. The van der Waals surface area contributed by atoms with E-state index in [1.54, 1.807) is 0 Å². The van der Waals surface area contributed by atoms with Crippen LogP contribution in [0.5, 0.6) is 0 Å². The average molecular weight is 230 g/mol. The van der Waals surface area contributed by atoms with E-state index in [4.69, 9.17) is 4.74 Å². The summed E-state index contributed by atoms with van der Waals surface area (Å²) in [5.74, 6) is 0. The summed E-state index contributed by atoms with van der Waals surface area (Å²) >= 11 is 0. The van der Waals surface area contributed by atoms with Crippen LogP contribution >= 0.6 is 0 Å². The van der Waals surface area contributed by atoms with Gasteiger partial charge in [-0.05, 0) is 31.4 Å². The lowest BCUT2D eigenvalue weighted by Gasteiger charge is -2.04. The molecule has 0 aliphatic heterocycles. The number of ether oxygens (including phenoxy) is 1. The summed E-state index contributed by atoms with van der Waals surface area (Å²) in [5, 5.41) is 7.16. The van der Waals surface area contributed by atoms with Crippen molar-refractivity contribution in [2.45, 2.75) is 26.9 Å². The molecule has 90 valence electrons. The highest BCUT2D eigenvalue weighted by Crippen LogP contribution is 2.10. The van der Waals surface area contributed by atoms with E-state index in [-0.39, 0.29) is 0 Å². The topological polar surface area (TPSA) is 37.9 Å². The molecule has 0 spiro atoms. The summed E-state index contributed by atoms with van der Waals surface area (Å²) in [6, 6.07) is 10.2. The molecular formula is C14H18N2O. The van der Waals surface area contributed by atoms with E-state index in [9.17, 15) is 0 Å². The Balaban J connectivity index is 1.77. The fourth-order valence-electron chi connectivity index (χ4n) is 1.88. The number of benzene rings is 1. The Morgan fingerprint density at radius 3 is 2.59 bits per heavy atom. The summed E-state index contributed by atoms with van der Waals surface area (Å²) in [4.78, 5) is 0. The van der Waals surface area contributed by atoms with Crippen LogP contribution in [-0.4, -0.2) is 16.8 Å². The van der Waals surface area contributed by atoms with Crippen molar-refractivity contribution in [2.75, 3.05) is 6.61 Å². The minimum atomic E-state index is 0.677. The maximum atomic E-state index is 5.66. The first-order valence-electron chi connectivity index (χ1n) is 5.89. The zero-order valence-corrected chi connectivity index (χ0v) is 10.4. The van der Waals surface area contributed by atoms with Crippen molar-refractivity contribution in [3.05, 3.63) is 52.8 Å². The van der Waals surface area contributed by atoms with Gasteiger partial charge in [-0.15, -0.1) is 0 Å². The lowest BCUT2D eigenvalue weighted by molar-refractivity contribution is 0.123. The van der Waals surface area contributed by atoms with Gasteiger partial charge in [0.05, 0.1) is 18.9 Å². The summed E-state index contributed by atoms with van der Waals surface area (Å²) in [5.41, 5.74) is 4.71. The first-order valence-corrected chi connectivity index (χ1v) is 5.89. The quantitative estimate of drug-likeness (QED) is 0.802. The minimum Gasteiger partial charge on any atom is -0.376 e. The molecule has 0 radical (unpaired) electrons. The molecule has 3 heteroatoms. The highest BCUT2D eigenvalue weighted by Gasteiger charge is 2.05. The van der Waals surface area contributed by atoms with Gasteiger partial charge in [0.15, 0.2) is 0 Å². The van der Waals surface area contributed by atoms with Gasteiger partial charge in [0, 0.05) is 5.69 Å². The minimum absolute atomic E-state index is 0.677. The number of H-pyrrole nitrogens is 1. The van der Waals surface area contributed by atoms with Gasteiger partial charge < -0.3 is 4.74 Å². The first-order chi connectivity index (χ1) is 8.27. The van der Waals surface area contributed by atoms with Gasteiger partial charge in [-0.1, -0.05) is 30.3 Å². The SMILES string of the molecule is Cc1n[nH]c(C)c1CCOCc1ccccc1. The largest absolute Gasteiger partial charge is 0.376 e. The molecule has 1 aromatic heterocycles. The fourth-order valence-corrected chi connectivity index (χ4v) is 1.88. The standard InChI is InChI=1S/C14H18N2O/c1-11-14(12(2)16-15-11)8-9-17-10-13-6-4-3-5-7-13/h3-7H,8-10H2,1-2H3,(H,15,16). The van der Waals surface area contributed by atoms with Crippen molar-refractivity contribution in [3.63, 3.8) is 0 Å². The van der Waals surface area contributed by atoms with Crippen LogP contribution in [0.15, 0.2) is 30.3 Å². The van der Waals surface area contributed by atoms with E-state index in [2.05, 4.69) is 22.3 Å². The third-order valence-corrected chi connectivity index (χ3v) is 2.89. The van der Waals surface area contributed by atoms with E-state index in [1.807, 2.05) is 32.0 Å². The van der Waals surface area contributed by atoms with Gasteiger partial charge in [0.2, 0.25) is 0 Å². The van der Waals surface area contributed by atoms with Crippen LogP contribution in [0.3, 0.4) is 0 Å². The van der Waals surface area contributed by atoms with E-state index in [0.717, 1.165) is 24.4 Å². The van der Waals surface area contributed by atoms with Gasteiger partial charge in [0.25, 0.3) is 0 Å². The summed E-state index contributed by atoms with van der Waals surface area (Å²) in [7, 11) is 0. The Bertz CT molecular complexity index is 443. The molecule has 0 aliphatic rings. The predicted molar refractivity (Wildman–Crippen MR) is 67.9 cm³/mol. The average Bonchev–Trinajstić information content (AvgIpc) is 2.67. The molecule has 0 amide bonds. The molecule has 2 rings (SSSR count).